The first-order valence-corrected chi connectivity index (χ1v) is 12.5. The number of hydrogen-bond acceptors (Lipinski definition) is 6. The molecule has 0 bridgehead atoms. The van der Waals surface area contributed by atoms with E-state index in [4.69, 9.17) is 0 Å². The van der Waals surface area contributed by atoms with E-state index in [2.05, 4.69) is 41.7 Å². The van der Waals surface area contributed by atoms with Crippen molar-refractivity contribution in [2.75, 3.05) is 13.1 Å². The monoisotopic (exact) mass is 480 g/mol. The Balaban J connectivity index is 2.24. The molecular weight excluding hydrogens is 432 g/mol. The van der Waals surface area contributed by atoms with Crippen LogP contribution in [0, 0.1) is 5.92 Å². The van der Waals surface area contributed by atoms with Gasteiger partial charge >= 0.3 is 12.1 Å². The molecule has 4 N–H and O–H groups in total. The molecule has 1 fully saturated rings. The molecule has 0 spiro atoms. The lowest BCUT2D eigenvalue weighted by molar-refractivity contribution is 0.219. The third-order valence-corrected chi connectivity index (χ3v) is 5.14. The minimum atomic E-state index is -0.755. The Labute approximate surface area is 206 Å². The van der Waals surface area contributed by atoms with Gasteiger partial charge in [0.05, 0.1) is 17.6 Å². The summed E-state index contributed by atoms with van der Waals surface area (Å²) in [5.74, 6) is 0.548. The van der Waals surface area contributed by atoms with Crippen LogP contribution in [0.5, 0.6) is 0 Å². The summed E-state index contributed by atoms with van der Waals surface area (Å²) < 4.78 is 0. The average Bonchev–Trinajstić information content (AvgIpc) is 2.66. The number of hydrogen-bond donors (Lipinski definition) is 4. The molecule has 0 heterocycles. The fraction of sp³-hybridized carbons (Fsp3) is 0.917. The molecule has 10 nitrogen and oxygen atoms in total. The number of carbonyl (C=O) groups is 2. The van der Waals surface area contributed by atoms with Crippen molar-refractivity contribution in [1.82, 2.24) is 21.3 Å². The maximum absolute atomic E-state index is 12.3. The Kier molecular flexibility index (Phi) is 11.4. The highest BCUT2D eigenvalue weighted by Crippen LogP contribution is 2.26. The molecule has 1 saturated carbocycles. The van der Waals surface area contributed by atoms with Gasteiger partial charge in [-0.1, -0.05) is 0 Å². The van der Waals surface area contributed by atoms with E-state index < -0.39 is 5.66 Å². The molecule has 1 atom stereocenters. The van der Waals surface area contributed by atoms with E-state index in [9.17, 15) is 9.59 Å². The van der Waals surface area contributed by atoms with Crippen LogP contribution in [-0.2, 0) is 0 Å². The van der Waals surface area contributed by atoms with Gasteiger partial charge in [0.25, 0.3) is 0 Å². The second-order valence-corrected chi connectivity index (χ2v) is 11.9. The van der Waals surface area contributed by atoms with Crippen LogP contribution in [0.4, 0.5) is 9.59 Å². The minimum Gasteiger partial charge on any atom is -0.338 e. The van der Waals surface area contributed by atoms with Crippen molar-refractivity contribution < 1.29 is 9.59 Å². The van der Waals surface area contributed by atoms with Crippen LogP contribution in [0.1, 0.15) is 94.4 Å². The molecule has 0 aromatic heterocycles. The van der Waals surface area contributed by atoms with Gasteiger partial charge in [-0.05, 0) is 100 Å². The molecule has 4 amide bonds. The Morgan fingerprint density at radius 1 is 0.853 bits per heavy atom. The number of azo groups is 2. The number of nitrogens with one attached hydrogen (secondary N) is 4. The Morgan fingerprint density at radius 3 is 2.00 bits per heavy atom. The summed E-state index contributed by atoms with van der Waals surface area (Å²) in [5.41, 5.74) is -1.23. The summed E-state index contributed by atoms with van der Waals surface area (Å²) in [6, 6.07) is -0.267. The van der Waals surface area contributed by atoms with Gasteiger partial charge in [-0.2, -0.15) is 20.5 Å². The number of urea groups is 2. The highest BCUT2D eigenvalue weighted by Gasteiger charge is 2.24. The second kappa shape index (κ2) is 13.0. The van der Waals surface area contributed by atoms with Crippen molar-refractivity contribution in [3.8, 4) is 0 Å². The van der Waals surface area contributed by atoms with Crippen molar-refractivity contribution in [2.45, 2.75) is 123 Å². The van der Waals surface area contributed by atoms with Crippen LogP contribution >= 0.6 is 0 Å². The van der Waals surface area contributed by atoms with E-state index in [1.807, 2.05) is 62.3 Å². The van der Waals surface area contributed by atoms with Crippen molar-refractivity contribution >= 4 is 12.1 Å². The van der Waals surface area contributed by atoms with Crippen LogP contribution < -0.4 is 21.3 Å². The van der Waals surface area contributed by atoms with Crippen molar-refractivity contribution in [3.05, 3.63) is 0 Å². The fourth-order valence-corrected chi connectivity index (χ4v) is 3.48. The van der Waals surface area contributed by atoms with Crippen molar-refractivity contribution in [2.24, 2.45) is 26.4 Å². The van der Waals surface area contributed by atoms with Gasteiger partial charge < -0.3 is 21.3 Å². The number of amides is 4. The van der Waals surface area contributed by atoms with Crippen LogP contribution in [0.3, 0.4) is 0 Å². The molecule has 34 heavy (non-hydrogen) atoms. The van der Waals surface area contributed by atoms with Crippen LogP contribution in [0.15, 0.2) is 20.5 Å². The first kappa shape index (κ1) is 29.8. The van der Waals surface area contributed by atoms with Gasteiger partial charge in [-0.3, -0.25) is 0 Å². The maximum Gasteiger partial charge on any atom is 0.316 e. The summed E-state index contributed by atoms with van der Waals surface area (Å²) in [7, 11) is 0. The molecule has 10 heteroatoms. The smallest absolute Gasteiger partial charge is 0.316 e. The van der Waals surface area contributed by atoms with Gasteiger partial charge in [0.15, 0.2) is 0 Å². The maximum atomic E-state index is 12.3. The quantitative estimate of drug-likeness (QED) is 0.340. The first-order valence-electron chi connectivity index (χ1n) is 12.5. The average molecular weight is 481 g/mol. The summed E-state index contributed by atoms with van der Waals surface area (Å²) >= 11 is 0. The van der Waals surface area contributed by atoms with Gasteiger partial charge in [-0.15, -0.1) is 0 Å². The van der Waals surface area contributed by atoms with Gasteiger partial charge in [0, 0.05) is 18.6 Å². The highest BCUT2D eigenvalue weighted by molar-refractivity contribution is 5.75. The standard InChI is InChI=1S/C24H48N8O2/c1-17(16-26-30-22(2,3)4)27-21(34)28-19-12-10-18(11-13-19)14-15-25-20(33)29-24(8,9)32-31-23(5,6)7/h17-19H,10-16H2,1-9H3,(H2,25,29,33)(H2,27,28,34)/b30-26+,32-31+. The normalized spacial score (nSPS) is 20.9. The Hall–Kier alpha value is -2.26. The number of carbonyl (C=O) groups excluding carboxylic acids is 2. The SMILES string of the molecule is CC(C/N=N/C(C)(C)C)NC(=O)NC1CCC(CCNC(=O)NC(C)(C)/N=N/C(C)(C)C)CC1. The van der Waals surface area contributed by atoms with Gasteiger partial charge in [0.2, 0.25) is 0 Å². The minimum absolute atomic E-state index is 0.0698. The molecule has 0 aromatic rings. The summed E-state index contributed by atoms with van der Waals surface area (Å²) in [4.78, 5) is 24.5. The molecule has 0 aliphatic heterocycles. The van der Waals surface area contributed by atoms with Crippen LogP contribution in [-0.4, -0.2) is 54.0 Å². The predicted octanol–water partition coefficient (Wildman–Crippen LogP) is 5.16. The van der Waals surface area contributed by atoms with Gasteiger partial charge in [0.1, 0.15) is 5.66 Å². The lowest BCUT2D eigenvalue weighted by atomic mass is 9.84. The zero-order valence-corrected chi connectivity index (χ0v) is 22.8. The molecule has 0 saturated heterocycles. The summed E-state index contributed by atoms with van der Waals surface area (Å²) in [6.07, 6.45) is 4.89. The highest BCUT2D eigenvalue weighted by atomic mass is 16.2. The number of rotatable bonds is 9. The molecule has 1 aliphatic rings. The molecule has 0 aromatic carbocycles. The molecule has 1 unspecified atom stereocenters. The lowest BCUT2D eigenvalue weighted by Gasteiger charge is -2.29. The third-order valence-electron chi connectivity index (χ3n) is 5.14. The molecule has 196 valence electrons. The van der Waals surface area contributed by atoms with E-state index in [1.54, 1.807) is 0 Å². The molecular formula is C24H48N8O2. The predicted molar refractivity (Wildman–Crippen MR) is 136 cm³/mol. The number of nitrogens with zero attached hydrogens (tertiary/aromatic N) is 4. The van der Waals surface area contributed by atoms with E-state index in [0.29, 0.717) is 19.0 Å². The first-order chi connectivity index (χ1) is 15.5. The van der Waals surface area contributed by atoms with E-state index in [-0.39, 0.29) is 35.2 Å². The zero-order valence-electron chi connectivity index (χ0n) is 22.8. The van der Waals surface area contributed by atoms with Gasteiger partial charge in [-0.25, -0.2) is 9.59 Å². The Morgan fingerprint density at radius 2 is 1.44 bits per heavy atom. The molecule has 1 rings (SSSR count). The lowest BCUT2D eigenvalue weighted by Crippen LogP contribution is -2.48. The van der Waals surface area contributed by atoms with Crippen molar-refractivity contribution in [1.29, 1.82) is 0 Å². The molecule has 0 radical (unpaired) electrons. The third kappa shape index (κ3) is 14.8. The summed E-state index contributed by atoms with van der Waals surface area (Å²) in [6.45, 7) is 18.5. The zero-order chi connectivity index (χ0) is 26.0. The van der Waals surface area contributed by atoms with Crippen LogP contribution in [0.2, 0.25) is 0 Å². The van der Waals surface area contributed by atoms with E-state index in [0.717, 1.165) is 32.1 Å². The van der Waals surface area contributed by atoms with E-state index in [1.165, 1.54) is 0 Å². The van der Waals surface area contributed by atoms with E-state index >= 15 is 0 Å². The fourth-order valence-electron chi connectivity index (χ4n) is 3.48. The second-order valence-electron chi connectivity index (χ2n) is 11.9. The van der Waals surface area contributed by atoms with Crippen LogP contribution in [0.25, 0.3) is 0 Å². The summed E-state index contributed by atoms with van der Waals surface area (Å²) in [5, 5.41) is 28.7. The molecule has 1 aliphatic carbocycles. The largest absolute Gasteiger partial charge is 0.338 e. The Bertz CT molecular complexity index is 699. The topological polar surface area (TPSA) is 132 Å². The van der Waals surface area contributed by atoms with Crippen molar-refractivity contribution in [3.63, 3.8) is 0 Å².